The molecule has 0 atom stereocenters. The van der Waals surface area contributed by atoms with E-state index in [1.165, 1.54) is 12.1 Å². The van der Waals surface area contributed by atoms with Gasteiger partial charge in [0.1, 0.15) is 5.75 Å². The van der Waals surface area contributed by atoms with Crippen molar-refractivity contribution in [2.75, 3.05) is 19.0 Å². The van der Waals surface area contributed by atoms with Gasteiger partial charge in [-0.25, -0.2) is 18.4 Å². The van der Waals surface area contributed by atoms with Crippen LogP contribution in [-0.2, 0) is 16.4 Å². The van der Waals surface area contributed by atoms with Gasteiger partial charge in [-0.2, -0.15) is 0 Å². The number of nitrogens with two attached hydrogens (primary N) is 1. The van der Waals surface area contributed by atoms with Crippen LogP contribution in [0.3, 0.4) is 0 Å². The third kappa shape index (κ3) is 5.25. The maximum atomic E-state index is 11.8. The van der Waals surface area contributed by atoms with Crippen LogP contribution in [0, 0.1) is 0 Å². The monoisotopic (exact) mass is 349 g/mol. The molecule has 4 N–H and O–H groups in total. The first-order valence-electron chi connectivity index (χ1n) is 7.19. The number of urea groups is 1. The number of carbonyl (C=O) groups excluding carboxylic acids is 1. The molecule has 0 aliphatic heterocycles. The molecule has 7 nitrogen and oxygen atoms in total. The molecule has 0 bridgehead atoms. The molecule has 0 spiro atoms. The minimum absolute atomic E-state index is 0.0648. The summed E-state index contributed by atoms with van der Waals surface area (Å²) in [7, 11) is -2.13. The summed E-state index contributed by atoms with van der Waals surface area (Å²) in [6.07, 6.45) is 0.566. The summed E-state index contributed by atoms with van der Waals surface area (Å²) in [6, 6.07) is 12.9. The van der Waals surface area contributed by atoms with Gasteiger partial charge in [0.25, 0.3) is 0 Å². The molecule has 0 saturated heterocycles. The predicted molar refractivity (Wildman–Crippen MR) is 91.5 cm³/mol. The summed E-state index contributed by atoms with van der Waals surface area (Å²) >= 11 is 0. The molecule has 8 heteroatoms. The molecule has 128 valence electrons. The molecule has 0 aliphatic carbocycles. The summed E-state index contributed by atoms with van der Waals surface area (Å²) in [5.41, 5.74) is 1.52. The van der Waals surface area contributed by atoms with Gasteiger partial charge >= 0.3 is 6.03 Å². The van der Waals surface area contributed by atoms with Crippen molar-refractivity contribution in [3.05, 3.63) is 54.1 Å². The van der Waals surface area contributed by atoms with E-state index in [-0.39, 0.29) is 10.9 Å². The van der Waals surface area contributed by atoms with Gasteiger partial charge < -0.3 is 15.4 Å². The van der Waals surface area contributed by atoms with Gasteiger partial charge in [0.15, 0.2) is 0 Å². The molecule has 0 aliphatic rings. The Labute approximate surface area is 140 Å². The number of ether oxygens (including phenoxy) is 1. The summed E-state index contributed by atoms with van der Waals surface area (Å²) in [4.78, 5) is 11.9. The highest BCUT2D eigenvalue weighted by Gasteiger charge is 2.07. The summed E-state index contributed by atoms with van der Waals surface area (Å²) in [5, 5.41) is 10.5. The zero-order valence-electron chi connectivity index (χ0n) is 13.2. The Morgan fingerprint density at radius 1 is 1.17 bits per heavy atom. The Hall–Kier alpha value is -2.58. The summed E-state index contributed by atoms with van der Waals surface area (Å²) in [5.74, 6) is 0.655. The number of benzene rings is 2. The summed E-state index contributed by atoms with van der Waals surface area (Å²) in [6.45, 7) is 0.407. The van der Waals surface area contributed by atoms with Gasteiger partial charge in [-0.15, -0.1) is 0 Å². The van der Waals surface area contributed by atoms with Crippen LogP contribution in [0.1, 0.15) is 5.56 Å². The number of hydrogen-bond donors (Lipinski definition) is 3. The van der Waals surface area contributed by atoms with Crippen molar-refractivity contribution in [3.8, 4) is 5.75 Å². The molecular formula is C16H19N3O4S. The van der Waals surface area contributed by atoms with E-state index >= 15 is 0 Å². The third-order valence-electron chi connectivity index (χ3n) is 3.28. The fraction of sp³-hybridized carbons (Fsp3) is 0.188. The highest BCUT2D eigenvalue weighted by Crippen LogP contribution is 2.16. The lowest BCUT2D eigenvalue weighted by Crippen LogP contribution is -2.30. The molecule has 24 heavy (non-hydrogen) atoms. The molecule has 0 heterocycles. The predicted octanol–water partition coefficient (Wildman–Crippen LogP) is 1.71. The van der Waals surface area contributed by atoms with Crippen LogP contribution >= 0.6 is 0 Å². The maximum Gasteiger partial charge on any atom is 0.319 e. The van der Waals surface area contributed by atoms with Crippen molar-refractivity contribution in [3.63, 3.8) is 0 Å². The summed E-state index contributed by atoms with van der Waals surface area (Å²) < 4.78 is 27.4. The molecular weight excluding hydrogens is 330 g/mol. The van der Waals surface area contributed by atoms with Crippen molar-refractivity contribution < 1.29 is 17.9 Å². The highest BCUT2D eigenvalue weighted by atomic mass is 32.2. The van der Waals surface area contributed by atoms with Crippen LogP contribution in [0.15, 0.2) is 53.4 Å². The van der Waals surface area contributed by atoms with Crippen molar-refractivity contribution in [1.82, 2.24) is 5.32 Å². The second-order valence-electron chi connectivity index (χ2n) is 5.05. The fourth-order valence-corrected chi connectivity index (χ4v) is 2.56. The Balaban J connectivity index is 1.82. The molecule has 2 rings (SSSR count). The van der Waals surface area contributed by atoms with Crippen molar-refractivity contribution in [1.29, 1.82) is 0 Å². The van der Waals surface area contributed by atoms with Crippen molar-refractivity contribution in [2.24, 2.45) is 5.14 Å². The number of hydrogen-bond acceptors (Lipinski definition) is 4. The van der Waals surface area contributed by atoms with Crippen LogP contribution in [0.4, 0.5) is 10.5 Å². The van der Waals surface area contributed by atoms with E-state index in [2.05, 4.69) is 10.6 Å². The molecule has 2 aromatic carbocycles. The van der Waals surface area contributed by atoms with E-state index in [0.717, 1.165) is 5.56 Å². The molecule has 0 aromatic heterocycles. The SMILES string of the molecule is COc1cccc(NC(=O)NCCc2ccc(S(N)(=O)=O)cc2)c1. The van der Waals surface area contributed by atoms with Gasteiger partial charge in [-0.3, -0.25) is 0 Å². The number of rotatable bonds is 6. The molecule has 0 saturated carbocycles. The Kier molecular flexibility index (Phi) is 5.78. The van der Waals surface area contributed by atoms with Gasteiger partial charge in [-0.1, -0.05) is 18.2 Å². The highest BCUT2D eigenvalue weighted by molar-refractivity contribution is 7.89. The smallest absolute Gasteiger partial charge is 0.319 e. The molecule has 2 amide bonds. The standard InChI is InChI=1S/C16H19N3O4S/c1-23-14-4-2-3-13(11-14)19-16(20)18-10-9-12-5-7-15(8-6-12)24(17,21)22/h2-8,11H,9-10H2,1H3,(H2,17,21,22)(H2,18,19,20). The average Bonchev–Trinajstić information content (AvgIpc) is 2.54. The lowest BCUT2D eigenvalue weighted by atomic mass is 10.1. The second kappa shape index (κ2) is 7.80. The van der Waals surface area contributed by atoms with Crippen LogP contribution in [0.2, 0.25) is 0 Å². The maximum absolute atomic E-state index is 11.8. The first-order chi connectivity index (χ1) is 11.4. The topological polar surface area (TPSA) is 111 Å². The number of carbonyl (C=O) groups is 1. The van der Waals surface area contributed by atoms with Crippen molar-refractivity contribution >= 4 is 21.7 Å². The van der Waals surface area contributed by atoms with E-state index in [9.17, 15) is 13.2 Å². The van der Waals surface area contributed by atoms with Gasteiger partial charge in [-0.05, 0) is 36.2 Å². The number of anilines is 1. The quantitative estimate of drug-likeness (QED) is 0.737. The Bertz CT molecular complexity index is 804. The van der Waals surface area contributed by atoms with Crippen LogP contribution in [0.25, 0.3) is 0 Å². The van der Waals surface area contributed by atoms with E-state index in [1.54, 1.807) is 43.5 Å². The van der Waals surface area contributed by atoms with E-state index in [0.29, 0.717) is 24.4 Å². The first kappa shape index (κ1) is 17.8. The van der Waals surface area contributed by atoms with Crippen LogP contribution in [0.5, 0.6) is 5.75 Å². The number of methoxy groups -OCH3 is 1. The minimum atomic E-state index is -3.68. The van der Waals surface area contributed by atoms with Gasteiger partial charge in [0.2, 0.25) is 10.0 Å². The lowest BCUT2D eigenvalue weighted by Gasteiger charge is -2.09. The zero-order chi connectivity index (χ0) is 17.6. The number of amides is 2. The van der Waals surface area contributed by atoms with Crippen molar-refractivity contribution in [2.45, 2.75) is 11.3 Å². The first-order valence-corrected chi connectivity index (χ1v) is 8.74. The zero-order valence-corrected chi connectivity index (χ0v) is 14.0. The fourth-order valence-electron chi connectivity index (χ4n) is 2.04. The van der Waals surface area contributed by atoms with E-state index < -0.39 is 10.0 Å². The third-order valence-corrected chi connectivity index (χ3v) is 4.21. The molecule has 0 fully saturated rings. The normalized spacial score (nSPS) is 10.9. The van der Waals surface area contributed by atoms with E-state index in [1.807, 2.05) is 0 Å². The molecule has 0 unspecified atom stereocenters. The number of primary sulfonamides is 1. The van der Waals surface area contributed by atoms with Gasteiger partial charge in [0, 0.05) is 18.3 Å². The number of sulfonamides is 1. The van der Waals surface area contributed by atoms with Crippen LogP contribution < -0.4 is 20.5 Å². The minimum Gasteiger partial charge on any atom is -0.497 e. The second-order valence-corrected chi connectivity index (χ2v) is 6.61. The Morgan fingerprint density at radius 2 is 1.88 bits per heavy atom. The number of nitrogens with one attached hydrogen (secondary N) is 2. The van der Waals surface area contributed by atoms with Gasteiger partial charge in [0.05, 0.1) is 12.0 Å². The Morgan fingerprint density at radius 3 is 2.50 bits per heavy atom. The van der Waals surface area contributed by atoms with Crippen LogP contribution in [-0.4, -0.2) is 28.1 Å². The largest absolute Gasteiger partial charge is 0.497 e. The molecule has 2 aromatic rings. The molecule has 0 radical (unpaired) electrons. The van der Waals surface area contributed by atoms with E-state index in [4.69, 9.17) is 9.88 Å². The average molecular weight is 349 g/mol. The lowest BCUT2D eigenvalue weighted by molar-refractivity contribution is 0.252.